The van der Waals surface area contributed by atoms with Gasteiger partial charge in [-0.1, -0.05) is 33.6 Å². The third-order valence-corrected chi connectivity index (χ3v) is 7.56. The van der Waals surface area contributed by atoms with E-state index in [0.29, 0.717) is 29.3 Å². The highest BCUT2D eigenvalue weighted by Crippen LogP contribution is 2.44. The second kappa shape index (κ2) is 7.85. The number of nitrogens with one attached hydrogen (secondary N) is 1. The zero-order valence-corrected chi connectivity index (χ0v) is 17.7. The Bertz CT molecular complexity index is 793. The molecule has 0 spiro atoms. The number of anilines is 1. The topological polar surface area (TPSA) is 109 Å². The maximum Gasteiger partial charge on any atom is 0.307 e. The van der Waals surface area contributed by atoms with Crippen LogP contribution in [0.1, 0.15) is 73.7 Å². The SMILES string of the molecule is CC(C)(C)[C@@H]1CCc2c(sc(NC(=O)[C@@H]3CCCC[C@H]3C(=O)O)c2C(N)=O)C1. The van der Waals surface area contributed by atoms with Gasteiger partial charge in [-0.3, -0.25) is 14.4 Å². The van der Waals surface area contributed by atoms with Crippen LogP contribution in [0, 0.1) is 23.2 Å². The fraction of sp³-hybridized carbons (Fsp3) is 0.667. The zero-order chi connectivity index (χ0) is 20.6. The highest BCUT2D eigenvalue weighted by molar-refractivity contribution is 7.17. The summed E-state index contributed by atoms with van der Waals surface area (Å²) in [5, 5.41) is 12.8. The number of aliphatic carboxylic acids is 1. The molecule has 2 aliphatic rings. The van der Waals surface area contributed by atoms with Crippen LogP contribution in [0.25, 0.3) is 0 Å². The molecule has 3 atom stereocenters. The molecular weight excluding hydrogens is 376 g/mol. The van der Waals surface area contributed by atoms with Crippen LogP contribution < -0.4 is 11.1 Å². The Morgan fingerprint density at radius 1 is 1.11 bits per heavy atom. The van der Waals surface area contributed by atoms with Gasteiger partial charge < -0.3 is 16.2 Å². The smallest absolute Gasteiger partial charge is 0.307 e. The van der Waals surface area contributed by atoms with Gasteiger partial charge in [-0.25, -0.2) is 0 Å². The molecule has 6 nitrogen and oxygen atoms in total. The fourth-order valence-electron chi connectivity index (χ4n) is 4.62. The number of amides is 2. The number of thiophene rings is 1. The Morgan fingerprint density at radius 3 is 2.32 bits per heavy atom. The molecule has 1 heterocycles. The summed E-state index contributed by atoms with van der Waals surface area (Å²) in [6.07, 6.45) is 5.40. The second-order valence-electron chi connectivity index (χ2n) is 9.20. The van der Waals surface area contributed by atoms with Crippen molar-refractivity contribution in [2.75, 3.05) is 5.32 Å². The molecule has 3 rings (SSSR count). The Morgan fingerprint density at radius 2 is 1.75 bits per heavy atom. The summed E-state index contributed by atoms with van der Waals surface area (Å²) < 4.78 is 0. The van der Waals surface area contributed by atoms with Crippen molar-refractivity contribution < 1.29 is 19.5 Å². The van der Waals surface area contributed by atoms with Crippen molar-refractivity contribution >= 4 is 34.1 Å². The molecule has 0 radical (unpaired) electrons. The van der Waals surface area contributed by atoms with E-state index in [1.807, 2.05) is 0 Å². The minimum atomic E-state index is -0.923. The zero-order valence-electron chi connectivity index (χ0n) is 16.8. The molecule has 1 fully saturated rings. The Labute approximate surface area is 169 Å². The maximum atomic E-state index is 12.9. The quantitative estimate of drug-likeness (QED) is 0.706. The van der Waals surface area contributed by atoms with Crippen molar-refractivity contribution in [3.8, 4) is 0 Å². The number of carboxylic acids is 1. The minimum absolute atomic E-state index is 0.175. The molecule has 0 unspecified atom stereocenters. The molecule has 0 aromatic carbocycles. The average Bonchev–Trinajstić information content (AvgIpc) is 2.97. The van der Waals surface area contributed by atoms with Crippen molar-refractivity contribution in [3.63, 3.8) is 0 Å². The molecule has 7 heteroatoms. The van der Waals surface area contributed by atoms with E-state index >= 15 is 0 Å². The van der Waals surface area contributed by atoms with Crippen LogP contribution in [0.2, 0.25) is 0 Å². The average molecular weight is 407 g/mol. The van der Waals surface area contributed by atoms with Gasteiger partial charge in [0.2, 0.25) is 5.91 Å². The summed E-state index contributed by atoms with van der Waals surface area (Å²) in [7, 11) is 0. The molecule has 1 aromatic rings. The van der Waals surface area contributed by atoms with E-state index in [1.165, 1.54) is 11.3 Å². The summed E-state index contributed by atoms with van der Waals surface area (Å²) in [6.45, 7) is 6.68. The Balaban J connectivity index is 1.86. The highest BCUT2D eigenvalue weighted by Gasteiger charge is 2.38. The van der Waals surface area contributed by atoms with Crippen molar-refractivity contribution in [1.82, 2.24) is 0 Å². The Kier molecular flexibility index (Phi) is 5.84. The number of nitrogens with two attached hydrogens (primary N) is 1. The van der Waals surface area contributed by atoms with Crippen LogP contribution in [0.5, 0.6) is 0 Å². The van der Waals surface area contributed by atoms with Crippen molar-refractivity contribution in [1.29, 1.82) is 0 Å². The monoisotopic (exact) mass is 406 g/mol. The predicted octanol–water partition coefficient (Wildman–Crippen LogP) is 3.83. The first-order chi connectivity index (χ1) is 13.1. The number of hydrogen-bond donors (Lipinski definition) is 3. The lowest BCUT2D eigenvalue weighted by Gasteiger charge is -2.33. The van der Waals surface area contributed by atoms with Crippen LogP contribution in [0.15, 0.2) is 0 Å². The first kappa shape index (κ1) is 20.8. The van der Waals surface area contributed by atoms with Crippen LogP contribution in [0.4, 0.5) is 5.00 Å². The molecule has 1 saturated carbocycles. The third-order valence-electron chi connectivity index (χ3n) is 6.39. The van der Waals surface area contributed by atoms with Crippen LogP contribution in [-0.2, 0) is 22.4 Å². The normalized spacial score (nSPS) is 25.0. The van der Waals surface area contributed by atoms with E-state index in [4.69, 9.17) is 5.73 Å². The van der Waals surface area contributed by atoms with Gasteiger partial charge in [0.1, 0.15) is 5.00 Å². The molecular formula is C21H30N2O4S. The van der Waals surface area contributed by atoms with Crippen molar-refractivity contribution in [3.05, 3.63) is 16.0 Å². The number of carbonyl (C=O) groups excluding carboxylic acids is 2. The summed E-state index contributed by atoms with van der Waals surface area (Å²) in [5.74, 6) is -2.47. The maximum absolute atomic E-state index is 12.9. The van der Waals surface area contributed by atoms with E-state index in [-0.39, 0.29) is 11.3 Å². The molecule has 4 N–H and O–H groups in total. The van der Waals surface area contributed by atoms with Gasteiger partial charge in [0.15, 0.2) is 0 Å². The van der Waals surface area contributed by atoms with Gasteiger partial charge in [-0.05, 0) is 49.0 Å². The molecule has 28 heavy (non-hydrogen) atoms. The second-order valence-corrected chi connectivity index (χ2v) is 10.3. The van der Waals surface area contributed by atoms with Gasteiger partial charge in [0, 0.05) is 4.88 Å². The highest BCUT2D eigenvalue weighted by atomic mass is 32.1. The number of primary amides is 1. The number of carbonyl (C=O) groups is 3. The van der Waals surface area contributed by atoms with E-state index < -0.39 is 23.7 Å². The minimum Gasteiger partial charge on any atom is -0.481 e. The lowest BCUT2D eigenvalue weighted by atomic mass is 9.72. The van der Waals surface area contributed by atoms with Gasteiger partial charge in [0.25, 0.3) is 5.91 Å². The third kappa shape index (κ3) is 4.09. The lowest BCUT2D eigenvalue weighted by Crippen LogP contribution is -2.36. The van der Waals surface area contributed by atoms with E-state index in [1.54, 1.807) is 0 Å². The molecule has 2 amide bonds. The van der Waals surface area contributed by atoms with Crippen molar-refractivity contribution in [2.45, 2.75) is 65.7 Å². The van der Waals surface area contributed by atoms with Crippen molar-refractivity contribution in [2.24, 2.45) is 28.9 Å². The van der Waals surface area contributed by atoms with E-state index in [9.17, 15) is 19.5 Å². The summed E-state index contributed by atoms with van der Waals surface area (Å²) in [6, 6.07) is 0. The first-order valence-electron chi connectivity index (χ1n) is 10.1. The number of rotatable bonds is 4. The summed E-state index contributed by atoms with van der Waals surface area (Å²) in [5.41, 5.74) is 7.22. The molecule has 0 aliphatic heterocycles. The fourth-order valence-corrected chi connectivity index (χ4v) is 5.95. The summed E-state index contributed by atoms with van der Waals surface area (Å²) in [4.78, 5) is 37.7. The molecule has 0 bridgehead atoms. The van der Waals surface area contributed by atoms with Gasteiger partial charge in [-0.2, -0.15) is 0 Å². The summed E-state index contributed by atoms with van der Waals surface area (Å²) >= 11 is 1.43. The number of carboxylic acid groups (broad SMARTS) is 1. The first-order valence-corrected chi connectivity index (χ1v) is 10.9. The van der Waals surface area contributed by atoms with Crippen LogP contribution in [-0.4, -0.2) is 22.9 Å². The standard InChI is InChI=1S/C21H30N2O4S/c1-21(2,3)11-8-9-14-15(10-11)28-19(16(14)17(22)24)23-18(25)12-6-4-5-7-13(12)20(26)27/h11-13H,4-10H2,1-3H3,(H2,22,24)(H,23,25)(H,26,27)/t11-,12-,13-/m1/s1. The van der Waals surface area contributed by atoms with Gasteiger partial charge in [-0.15, -0.1) is 11.3 Å². The van der Waals surface area contributed by atoms with E-state index in [0.717, 1.165) is 42.5 Å². The molecule has 0 saturated heterocycles. The largest absolute Gasteiger partial charge is 0.481 e. The van der Waals surface area contributed by atoms with Crippen LogP contribution in [0.3, 0.4) is 0 Å². The van der Waals surface area contributed by atoms with Crippen LogP contribution >= 0.6 is 11.3 Å². The predicted molar refractivity (Wildman–Crippen MR) is 110 cm³/mol. The Hall–Kier alpha value is -1.89. The van der Waals surface area contributed by atoms with E-state index in [2.05, 4.69) is 26.1 Å². The molecule has 2 aliphatic carbocycles. The lowest BCUT2D eigenvalue weighted by molar-refractivity contribution is -0.147. The molecule has 1 aromatic heterocycles. The number of fused-ring (bicyclic) bond motifs is 1. The van der Waals surface area contributed by atoms with Gasteiger partial charge in [0.05, 0.1) is 17.4 Å². The van der Waals surface area contributed by atoms with Gasteiger partial charge >= 0.3 is 5.97 Å². The number of hydrogen-bond acceptors (Lipinski definition) is 4. The molecule has 154 valence electrons.